The molecule has 0 radical (unpaired) electrons. The number of anilines is 1. The van der Waals surface area contributed by atoms with Gasteiger partial charge in [-0.25, -0.2) is 4.98 Å². The fraction of sp³-hybridized carbons (Fsp3) is 0.667. The van der Waals surface area contributed by atoms with Crippen molar-refractivity contribution >= 4 is 11.7 Å². The fourth-order valence-electron chi connectivity index (χ4n) is 2.93. The van der Waals surface area contributed by atoms with E-state index in [-0.39, 0.29) is 5.91 Å². The molecule has 0 atom stereocenters. The van der Waals surface area contributed by atoms with Crippen LogP contribution >= 0.6 is 0 Å². The standard InChI is InChI=1S/C18H29N3O/c1-2-3-8-13-19-18(22)15-11-12-17(20-14-15)21-16-9-6-4-5-7-10-16/h11-12,14,16H,2-10,13H2,1H3,(H,19,22)(H,20,21). The molecule has 0 saturated heterocycles. The Kier molecular flexibility index (Phi) is 7.20. The number of rotatable bonds is 7. The highest BCUT2D eigenvalue weighted by Gasteiger charge is 2.12. The summed E-state index contributed by atoms with van der Waals surface area (Å²) in [6, 6.07) is 4.32. The molecule has 1 aromatic rings. The lowest BCUT2D eigenvalue weighted by molar-refractivity contribution is 0.0952. The maximum absolute atomic E-state index is 12.0. The van der Waals surface area contributed by atoms with Crippen molar-refractivity contribution < 1.29 is 4.79 Å². The number of carbonyl (C=O) groups is 1. The quantitative estimate of drug-likeness (QED) is 0.588. The normalized spacial score (nSPS) is 16.0. The van der Waals surface area contributed by atoms with Crippen molar-refractivity contribution in [2.24, 2.45) is 0 Å². The van der Waals surface area contributed by atoms with Crippen LogP contribution in [0.2, 0.25) is 0 Å². The fourth-order valence-corrected chi connectivity index (χ4v) is 2.93. The smallest absolute Gasteiger partial charge is 0.252 e. The van der Waals surface area contributed by atoms with Crippen molar-refractivity contribution in [2.75, 3.05) is 11.9 Å². The van der Waals surface area contributed by atoms with Crippen molar-refractivity contribution in [3.05, 3.63) is 23.9 Å². The topological polar surface area (TPSA) is 54.0 Å². The third kappa shape index (κ3) is 5.66. The summed E-state index contributed by atoms with van der Waals surface area (Å²) < 4.78 is 0. The number of nitrogens with one attached hydrogen (secondary N) is 2. The van der Waals surface area contributed by atoms with Crippen molar-refractivity contribution in [2.45, 2.75) is 70.8 Å². The predicted octanol–water partition coefficient (Wildman–Crippen LogP) is 4.14. The summed E-state index contributed by atoms with van der Waals surface area (Å²) in [6.45, 7) is 2.90. The number of hydrogen-bond acceptors (Lipinski definition) is 3. The lowest BCUT2D eigenvalue weighted by Crippen LogP contribution is -2.24. The molecular formula is C18H29N3O. The zero-order chi connectivity index (χ0) is 15.6. The minimum atomic E-state index is -0.0235. The lowest BCUT2D eigenvalue weighted by atomic mass is 10.1. The highest BCUT2D eigenvalue weighted by molar-refractivity contribution is 5.94. The zero-order valence-electron chi connectivity index (χ0n) is 13.7. The average Bonchev–Trinajstić information content (AvgIpc) is 2.81. The highest BCUT2D eigenvalue weighted by Crippen LogP contribution is 2.20. The largest absolute Gasteiger partial charge is 0.367 e. The van der Waals surface area contributed by atoms with E-state index in [1.807, 2.05) is 12.1 Å². The van der Waals surface area contributed by atoms with Gasteiger partial charge < -0.3 is 10.6 Å². The van der Waals surface area contributed by atoms with Crippen LogP contribution in [0.25, 0.3) is 0 Å². The van der Waals surface area contributed by atoms with Gasteiger partial charge in [0.1, 0.15) is 5.82 Å². The number of unbranched alkanes of at least 4 members (excludes halogenated alkanes) is 2. The van der Waals surface area contributed by atoms with Crippen LogP contribution in [0.5, 0.6) is 0 Å². The van der Waals surface area contributed by atoms with Crippen LogP contribution in [-0.4, -0.2) is 23.5 Å². The molecule has 22 heavy (non-hydrogen) atoms. The second kappa shape index (κ2) is 9.44. The summed E-state index contributed by atoms with van der Waals surface area (Å²) in [7, 11) is 0. The molecule has 0 aliphatic heterocycles. The molecule has 1 amide bonds. The van der Waals surface area contributed by atoms with Gasteiger partial charge in [-0.15, -0.1) is 0 Å². The van der Waals surface area contributed by atoms with E-state index in [0.29, 0.717) is 11.6 Å². The Bertz CT molecular complexity index is 436. The van der Waals surface area contributed by atoms with Gasteiger partial charge in [0.05, 0.1) is 5.56 Å². The Morgan fingerprint density at radius 2 is 1.95 bits per heavy atom. The first-order chi connectivity index (χ1) is 10.8. The van der Waals surface area contributed by atoms with E-state index in [1.165, 1.54) is 44.9 Å². The molecular weight excluding hydrogens is 274 g/mol. The molecule has 1 fully saturated rings. The molecule has 1 aromatic heterocycles. The molecule has 0 unspecified atom stereocenters. The van der Waals surface area contributed by atoms with Crippen LogP contribution in [-0.2, 0) is 0 Å². The van der Waals surface area contributed by atoms with Crippen LogP contribution in [0.4, 0.5) is 5.82 Å². The van der Waals surface area contributed by atoms with E-state index < -0.39 is 0 Å². The highest BCUT2D eigenvalue weighted by atomic mass is 16.1. The summed E-state index contributed by atoms with van der Waals surface area (Å²) in [5, 5.41) is 6.45. The van der Waals surface area contributed by atoms with E-state index in [0.717, 1.165) is 25.2 Å². The average molecular weight is 303 g/mol. The lowest BCUT2D eigenvalue weighted by Gasteiger charge is -2.16. The molecule has 1 saturated carbocycles. The summed E-state index contributed by atoms with van der Waals surface area (Å²) in [5.74, 6) is 0.860. The second-order valence-electron chi connectivity index (χ2n) is 6.23. The maximum atomic E-state index is 12.0. The number of pyridine rings is 1. The Balaban J connectivity index is 1.80. The third-order valence-corrected chi connectivity index (χ3v) is 4.30. The molecule has 122 valence electrons. The molecule has 0 spiro atoms. The summed E-state index contributed by atoms with van der Waals surface area (Å²) in [4.78, 5) is 16.4. The summed E-state index contributed by atoms with van der Waals surface area (Å²) in [6.07, 6.45) is 12.8. The molecule has 4 heteroatoms. The van der Waals surface area contributed by atoms with Gasteiger partial charge in [-0.2, -0.15) is 0 Å². The van der Waals surface area contributed by atoms with Crippen molar-refractivity contribution in [3.8, 4) is 0 Å². The monoisotopic (exact) mass is 303 g/mol. The van der Waals surface area contributed by atoms with Crippen LogP contribution in [0, 0.1) is 0 Å². The van der Waals surface area contributed by atoms with Crippen LogP contribution in [0.3, 0.4) is 0 Å². The van der Waals surface area contributed by atoms with Crippen LogP contribution < -0.4 is 10.6 Å². The number of nitrogens with zero attached hydrogens (tertiary/aromatic N) is 1. The van der Waals surface area contributed by atoms with Gasteiger partial charge in [-0.1, -0.05) is 45.4 Å². The zero-order valence-corrected chi connectivity index (χ0v) is 13.7. The molecule has 1 aliphatic carbocycles. The van der Waals surface area contributed by atoms with Gasteiger partial charge >= 0.3 is 0 Å². The van der Waals surface area contributed by atoms with Gasteiger partial charge in [-0.05, 0) is 31.4 Å². The van der Waals surface area contributed by atoms with Crippen LogP contribution in [0.15, 0.2) is 18.3 Å². The minimum Gasteiger partial charge on any atom is -0.367 e. The van der Waals surface area contributed by atoms with Gasteiger partial charge in [0.25, 0.3) is 5.91 Å². The van der Waals surface area contributed by atoms with E-state index in [1.54, 1.807) is 6.20 Å². The molecule has 2 rings (SSSR count). The van der Waals surface area contributed by atoms with Gasteiger partial charge in [0.2, 0.25) is 0 Å². The van der Waals surface area contributed by atoms with Crippen molar-refractivity contribution in [1.82, 2.24) is 10.3 Å². The van der Waals surface area contributed by atoms with Gasteiger partial charge in [0.15, 0.2) is 0 Å². The number of carbonyl (C=O) groups excluding carboxylic acids is 1. The van der Waals surface area contributed by atoms with E-state index in [2.05, 4.69) is 22.5 Å². The molecule has 2 N–H and O–H groups in total. The molecule has 1 aliphatic rings. The van der Waals surface area contributed by atoms with Crippen molar-refractivity contribution in [3.63, 3.8) is 0 Å². The van der Waals surface area contributed by atoms with Gasteiger partial charge in [-0.3, -0.25) is 4.79 Å². The molecule has 4 nitrogen and oxygen atoms in total. The van der Waals surface area contributed by atoms with Crippen molar-refractivity contribution in [1.29, 1.82) is 0 Å². The first-order valence-corrected chi connectivity index (χ1v) is 8.80. The van der Waals surface area contributed by atoms with E-state index in [4.69, 9.17) is 0 Å². The summed E-state index contributed by atoms with van der Waals surface area (Å²) >= 11 is 0. The Morgan fingerprint density at radius 3 is 2.59 bits per heavy atom. The SMILES string of the molecule is CCCCCNC(=O)c1ccc(NC2CCCCCC2)nc1. The Morgan fingerprint density at radius 1 is 1.18 bits per heavy atom. The van der Waals surface area contributed by atoms with Gasteiger partial charge in [0, 0.05) is 18.8 Å². The third-order valence-electron chi connectivity index (χ3n) is 4.30. The Labute approximate surface area is 134 Å². The van der Waals surface area contributed by atoms with E-state index >= 15 is 0 Å². The van der Waals surface area contributed by atoms with E-state index in [9.17, 15) is 4.79 Å². The number of hydrogen-bond donors (Lipinski definition) is 2. The predicted molar refractivity (Wildman–Crippen MR) is 91.2 cm³/mol. The Hall–Kier alpha value is -1.58. The minimum absolute atomic E-state index is 0.0235. The first-order valence-electron chi connectivity index (χ1n) is 8.80. The number of aromatic nitrogens is 1. The first kappa shape index (κ1) is 16.8. The molecule has 1 heterocycles. The second-order valence-corrected chi connectivity index (χ2v) is 6.23. The summed E-state index contributed by atoms with van der Waals surface area (Å²) in [5.41, 5.74) is 0.642. The molecule has 0 bridgehead atoms. The maximum Gasteiger partial charge on any atom is 0.252 e. The number of amides is 1. The van der Waals surface area contributed by atoms with Crippen LogP contribution in [0.1, 0.15) is 75.1 Å². The molecule has 0 aromatic carbocycles.